The molecule has 0 bridgehead atoms. The minimum Gasteiger partial charge on any atom is -0.379 e. The lowest BCUT2D eigenvalue weighted by molar-refractivity contribution is -0.113. The quantitative estimate of drug-likeness (QED) is 0.716. The van der Waals surface area contributed by atoms with Crippen molar-refractivity contribution in [1.29, 1.82) is 0 Å². The average molecular weight is 421 g/mol. The average Bonchev–Trinajstić information content (AvgIpc) is 2.64. The number of anilines is 1. The highest BCUT2D eigenvalue weighted by molar-refractivity contribution is 9.10. The number of hydrogen-bond donors (Lipinski definition) is 1. The van der Waals surface area contributed by atoms with Crippen molar-refractivity contribution in [2.24, 2.45) is 0 Å². The Balaban J connectivity index is 1.47. The maximum atomic E-state index is 12.1. The molecule has 0 aromatic heterocycles. The summed E-state index contributed by atoms with van der Waals surface area (Å²) < 4.78 is 6.38. The summed E-state index contributed by atoms with van der Waals surface area (Å²) in [4.78, 5) is 15.6. The number of halogens is 1. The van der Waals surface area contributed by atoms with Crippen molar-refractivity contribution in [3.8, 4) is 0 Å². The third-order valence-electron chi connectivity index (χ3n) is 3.94. The zero-order valence-corrected chi connectivity index (χ0v) is 16.3. The highest BCUT2D eigenvalue weighted by Gasteiger charge is 2.11. The maximum absolute atomic E-state index is 12.1. The predicted octanol–water partition coefficient (Wildman–Crippen LogP) is 4.01. The number of carbonyl (C=O) groups excluding carboxylic acids is 1. The van der Waals surface area contributed by atoms with E-state index in [0.29, 0.717) is 5.75 Å². The molecule has 0 unspecified atom stereocenters. The van der Waals surface area contributed by atoms with Crippen molar-refractivity contribution >= 4 is 39.3 Å². The summed E-state index contributed by atoms with van der Waals surface area (Å²) >= 11 is 5.02. The van der Waals surface area contributed by atoms with Crippen LogP contribution in [0.3, 0.4) is 0 Å². The Morgan fingerprint density at radius 1 is 1.12 bits per heavy atom. The molecule has 132 valence electrons. The topological polar surface area (TPSA) is 41.6 Å². The second kappa shape index (κ2) is 9.38. The highest BCUT2D eigenvalue weighted by atomic mass is 79.9. The Labute approximate surface area is 161 Å². The number of amides is 1. The van der Waals surface area contributed by atoms with Crippen molar-refractivity contribution < 1.29 is 9.53 Å². The van der Waals surface area contributed by atoms with Crippen molar-refractivity contribution in [3.63, 3.8) is 0 Å². The number of morpholine rings is 1. The van der Waals surface area contributed by atoms with Crippen LogP contribution in [0.1, 0.15) is 5.56 Å². The Kier molecular flexibility index (Phi) is 6.93. The standard InChI is InChI=1S/C19H21BrN2O2S/c20-17-3-1-2-4-18(17)25-14-19(23)21-16-7-5-15(6-8-16)13-22-9-11-24-12-10-22/h1-8H,9-14H2,(H,21,23). The van der Waals surface area contributed by atoms with Crippen LogP contribution in [-0.4, -0.2) is 42.9 Å². The first-order chi connectivity index (χ1) is 12.2. The minimum atomic E-state index is 0.00156. The molecule has 1 aliphatic heterocycles. The molecule has 0 radical (unpaired) electrons. The minimum absolute atomic E-state index is 0.00156. The van der Waals surface area contributed by atoms with E-state index in [9.17, 15) is 4.79 Å². The number of hydrogen-bond acceptors (Lipinski definition) is 4. The third kappa shape index (κ3) is 5.85. The van der Waals surface area contributed by atoms with Gasteiger partial charge in [0.2, 0.25) is 5.91 Å². The van der Waals surface area contributed by atoms with Crippen molar-refractivity contribution in [3.05, 3.63) is 58.6 Å². The van der Waals surface area contributed by atoms with Crippen LogP contribution >= 0.6 is 27.7 Å². The van der Waals surface area contributed by atoms with E-state index in [1.54, 1.807) is 0 Å². The van der Waals surface area contributed by atoms with Crippen LogP contribution in [0.15, 0.2) is 57.9 Å². The fraction of sp³-hybridized carbons (Fsp3) is 0.316. The smallest absolute Gasteiger partial charge is 0.234 e. The molecule has 1 saturated heterocycles. The first kappa shape index (κ1) is 18.5. The SMILES string of the molecule is O=C(CSc1ccccc1Br)Nc1ccc(CN2CCOCC2)cc1. The summed E-state index contributed by atoms with van der Waals surface area (Å²) in [6.45, 7) is 4.50. The molecular weight excluding hydrogens is 400 g/mol. The molecule has 0 saturated carbocycles. The van der Waals surface area contributed by atoms with Crippen LogP contribution in [0.25, 0.3) is 0 Å². The van der Waals surface area contributed by atoms with Crippen LogP contribution in [0.4, 0.5) is 5.69 Å². The van der Waals surface area contributed by atoms with Crippen LogP contribution < -0.4 is 5.32 Å². The van der Waals surface area contributed by atoms with E-state index in [1.807, 2.05) is 36.4 Å². The Hall–Kier alpha value is -1.34. The van der Waals surface area contributed by atoms with Crippen molar-refractivity contribution in [2.45, 2.75) is 11.4 Å². The van der Waals surface area contributed by atoms with Gasteiger partial charge < -0.3 is 10.1 Å². The van der Waals surface area contributed by atoms with E-state index in [2.05, 4.69) is 38.3 Å². The van der Waals surface area contributed by atoms with Gasteiger partial charge in [-0.3, -0.25) is 9.69 Å². The van der Waals surface area contributed by atoms with Gasteiger partial charge in [0.1, 0.15) is 0 Å². The number of nitrogens with zero attached hydrogens (tertiary/aromatic N) is 1. The van der Waals surface area contributed by atoms with E-state index in [-0.39, 0.29) is 5.91 Å². The molecule has 2 aromatic rings. The molecule has 0 aliphatic carbocycles. The molecule has 1 heterocycles. The number of nitrogens with one attached hydrogen (secondary N) is 1. The highest BCUT2D eigenvalue weighted by Crippen LogP contribution is 2.27. The zero-order chi connectivity index (χ0) is 17.5. The summed E-state index contributed by atoms with van der Waals surface area (Å²) in [6.07, 6.45) is 0. The summed E-state index contributed by atoms with van der Waals surface area (Å²) in [6, 6.07) is 16.0. The molecule has 0 spiro atoms. The van der Waals surface area contributed by atoms with Gasteiger partial charge in [-0.2, -0.15) is 0 Å². The van der Waals surface area contributed by atoms with Gasteiger partial charge in [-0.25, -0.2) is 0 Å². The number of carbonyl (C=O) groups is 1. The zero-order valence-electron chi connectivity index (χ0n) is 13.9. The number of rotatable bonds is 6. The normalized spacial score (nSPS) is 15.1. The molecule has 3 rings (SSSR count). The van der Waals surface area contributed by atoms with Crippen molar-refractivity contribution in [1.82, 2.24) is 4.90 Å². The Bertz CT molecular complexity index is 703. The van der Waals surface area contributed by atoms with Gasteiger partial charge in [-0.05, 0) is 45.8 Å². The lowest BCUT2D eigenvalue weighted by Crippen LogP contribution is -2.35. The largest absolute Gasteiger partial charge is 0.379 e. The fourth-order valence-corrected chi connectivity index (χ4v) is 3.98. The molecule has 1 amide bonds. The molecule has 1 N–H and O–H groups in total. The van der Waals surface area contributed by atoms with E-state index in [1.165, 1.54) is 17.3 Å². The molecule has 1 fully saturated rings. The van der Waals surface area contributed by atoms with E-state index < -0.39 is 0 Å². The van der Waals surface area contributed by atoms with Gasteiger partial charge in [-0.1, -0.05) is 24.3 Å². The van der Waals surface area contributed by atoms with Gasteiger partial charge in [0.05, 0.1) is 19.0 Å². The number of ether oxygens (including phenoxy) is 1. The lowest BCUT2D eigenvalue weighted by Gasteiger charge is -2.26. The summed E-state index contributed by atoms with van der Waals surface area (Å²) in [5.74, 6) is 0.389. The predicted molar refractivity (Wildman–Crippen MR) is 106 cm³/mol. The second-order valence-corrected chi connectivity index (χ2v) is 7.72. The van der Waals surface area contributed by atoms with E-state index >= 15 is 0 Å². The van der Waals surface area contributed by atoms with Crippen LogP contribution in [0, 0.1) is 0 Å². The van der Waals surface area contributed by atoms with Crippen LogP contribution in [0.2, 0.25) is 0 Å². The lowest BCUT2D eigenvalue weighted by atomic mass is 10.2. The van der Waals surface area contributed by atoms with Gasteiger partial charge >= 0.3 is 0 Å². The van der Waals surface area contributed by atoms with Gasteiger partial charge in [0.25, 0.3) is 0 Å². The van der Waals surface area contributed by atoms with Gasteiger partial charge in [0.15, 0.2) is 0 Å². The van der Waals surface area contributed by atoms with E-state index in [0.717, 1.165) is 47.9 Å². The first-order valence-corrected chi connectivity index (χ1v) is 10.0. The summed E-state index contributed by atoms with van der Waals surface area (Å²) in [7, 11) is 0. The molecule has 2 aromatic carbocycles. The molecule has 25 heavy (non-hydrogen) atoms. The molecule has 4 nitrogen and oxygen atoms in total. The summed E-state index contributed by atoms with van der Waals surface area (Å²) in [5.41, 5.74) is 2.09. The molecule has 1 aliphatic rings. The monoisotopic (exact) mass is 420 g/mol. The number of thioether (sulfide) groups is 1. The third-order valence-corrected chi connectivity index (χ3v) is 5.97. The number of benzene rings is 2. The second-order valence-electron chi connectivity index (χ2n) is 5.85. The molecule has 6 heteroatoms. The molecule has 0 atom stereocenters. The van der Waals surface area contributed by atoms with Crippen LogP contribution in [0.5, 0.6) is 0 Å². The summed E-state index contributed by atoms with van der Waals surface area (Å²) in [5, 5.41) is 2.95. The van der Waals surface area contributed by atoms with Gasteiger partial charge in [0, 0.05) is 34.7 Å². The van der Waals surface area contributed by atoms with Crippen LogP contribution in [-0.2, 0) is 16.1 Å². The maximum Gasteiger partial charge on any atom is 0.234 e. The van der Waals surface area contributed by atoms with Crippen molar-refractivity contribution in [2.75, 3.05) is 37.4 Å². The Morgan fingerprint density at radius 3 is 2.56 bits per heavy atom. The fourth-order valence-electron chi connectivity index (χ4n) is 2.61. The molecular formula is C19H21BrN2O2S. The Morgan fingerprint density at radius 2 is 1.84 bits per heavy atom. The first-order valence-electron chi connectivity index (χ1n) is 8.27. The van der Waals surface area contributed by atoms with Gasteiger partial charge in [-0.15, -0.1) is 11.8 Å². The van der Waals surface area contributed by atoms with E-state index in [4.69, 9.17) is 4.74 Å².